The number of rotatable bonds is 9. The molecule has 0 aliphatic carbocycles. The van der Waals surface area contributed by atoms with Gasteiger partial charge < -0.3 is 25.4 Å². The number of aliphatic hydroxyl groups excluding tert-OH is 1. The van der Waals surface area contributed by atoms with Gasteiger partial charge in [0.05, 0.1) is 28.6 Å². The minimum absolute atomic E-state index is 0.00765. The Bertz CT molecular complexity index is 896. The van der Waals surface area contributed by atoms with Gasteiger partial charge in [0.15, 0.2) is 0 Å². The topological polar surface area (TPSA) is 108 Å². The first kappa shape index (κ1) is 23.0. The van der Waals surface area contributed by atoms with Crippen molar-refractivity contribution in [1.82, 2.24) is 10.2 Å². The predicted molar refractivity (Wildman–Crippen MR) is 119 cm³/mol. The molecule has 8 nitrogen and oxygen atoms in total. The van der Waals surface area contributed by atoms with Gasteiger partial charge in [-0.15, -0.1) is 0 Å². The highest BCUT2D eigenvalue weighted by Crippen LogP contribution is 2.58. The molecule has 3 fully saturated rings. The van der Waals surface area contributed by atoms with E-state index in [9.17, 15) is 19.5 Å². The average molecular weight is 464 g/mol. The Kier molecular flexibility index (Phi) is 6.74. The molecule has 1 aromatic rings. The number of carbonyl (C=O) groups is 3. The zero-order valence-electron chi connectivity index (χ0n) is 18.2. The van der Waals surface area contributed by atoms with Gasteiger partial charge >= 0.3 is 0 Å². The molecule has 5 atom stereocenters. The molecule has 1 spiro atoms. The van der Waals surface area contributed by atoms with Crippen molar-refractivity contribution < 1.29 is 24.2 Å². The summed E-state index contributed by atoms with van der Waals surface area (Å²) in [5.74, 6) is -2.05. The Morgan fingerprint density at radius 1 is 1.28 bits per heavy atom. The lowest BCUT2D eigenvalue weighted by Crippen LogP contribution is -2.53. The van der Waals surface area contributed by atoms with Crippen LogP contribution in [0.4, 0.5) is 5.69 Å². The van der Waals surface area contributed by atoms with Crippen LogP contribution in [0, 0.1) is 11.8 Å². The van der Waals surface area contributed by atoms with Crippen molar-refractivity contribution in [2.24, 2.45) is 11.8 Å². The van der Waals surface area contributed by atoms with Gasteiger partial charge in [-0.1, -0.05) is 30.7 Å². The van der Waals surface area contributed by atoms with Crippen molar-refractivity contribution in [3.05, 3.63) is 29.3 Å². The number of halogens is 1. The predicted octanol–water partition coefficient (Wildman–Crippen LogP) is 1.95. The number of para-hydroxylation sites is 1. The molecule has 2 unspecified atom stereocenters. The second-order valence-electron chi connectivity index (χ2n) is 8.78. The molecule has 3 saturated heterocycles. The van der Waals surface area contributed by atoms with E-state index < -0.39 is 23.5 Å². The number of nitrogens with zero attached hydrogens (tertiary/aromatic N) is 1. The number of nitrogens with one attached hydrogen (secondary N) is 2. The molecule has 0 aromatic heterocycles. The van der Waals surface area contributed by atoms with Crippen LogP contribution in [0.2, 0.25) is 5.02 Å². The van der Waals surface area contributed by atoms with Gasteiger partial charge in [-0.25, -0.2) is 0 Å². The molecule has 9 heteroatoms. The zero-order valence-corrected chi connectivity index (χ0v) is 18.9. The number of aliphatic hydroxyl groups is 1. The van der Waals surface area contributed by atoms with E-state index in [1.165, 1.54) is 0 Å². The minimum Gasteiger partial charge on any atom is -0.396 e. The second-order valence-corrected chi connectivity index (χ2v) is 9.19. The molecule has 3 N–H and O–H groups in total. The first-order valence-corrected chi connectivity index (χ1v) is 11.7. The van der Waals surface area contributed by atoms with E-state index in [2.05, 4.69) is 10.6 Å². The first-order valence-electron chi connectivity index (χ1n) is 11.4. The highest BCUT2D eigenvalue weighted by molar-refractivity contribution is 6.33. The third kappa shape index (κ3) is 3.78. The van der Waals surface area contributed by atoms with Crippen LogP contribution in [0.5, 0.6) is 0 Å². The summed E-state index contributed by atoms with van der Waals surface area (Å²) < 4.78 is 6.34. The quantitative estimate of drug-likeness (QED) is 0.485. The number of fused-ring (bicyclic) bond motifs is 1. The van der Waals surface area contributed by atoms with Crippen molar-refractivity contribution in [1.29, 1.82) is 0 Å². The number of amides is 3. The van der Waals surface area contributed by atoms with Crippen molar-refractivity contribution in [3.8, 4) is 0 Å². The summed E-state index contributed by atoms with van der Waals surface area (Å²) in [5, 5.41) is 15.4. The summed E-state index contributed by atoms with van der Waals surface area (Å²) in [6.07, 6.45) is 2.68. The number of ether oxygens (including phenoxy) is 1. The van der Waals surface area contributed by atoms with Gasteiger partial charge in [-0.2, -0.15) is 0 Å². The monoisotopic (exact) mass is 463 g/mol. The van der Waals surface area contributed by atoms with Crippen molar-refractivity contribution >= 4 is 35.0 Å². The van der Waals surface area contributed by atoms with Crippen molar-refractivity contribution in [2.45, 2.75) is 56.8 Å². The van der Waals surface area contributed by atoms with Crippen LogP contribution in [0.15, 0.2) is 24.3 Å². The number of anilines is 1. The normalized spacial score (nSPS) is 30.5. The minimum atomic E-state index is -1.03. The maximum absolute atomic E-state index is 13.6. The lowest BCUT2D eigenvalue weighted by Gasteiger charge is -2.33. The standard InChI is InChI=1S/C23H30ClN3O5/c1-2-11-25-20(29)17-16-9-10-23(32-16)18(17)22(31)27(12-5-6-13-28)19(23)21(30)26-15-8-4-3-7-14(15)24/h3-4,7-8,16-19,28H,2,5-6,9-13H2,1H3,(H,25,29)(H,26,30)/t16-,17+,18-,19?,23?/m0/s1. The summed E-state index contributed by atoms with van der Waals surface area (Å²) in [4.78, 5) is 41.6. The third-order valence-corrected chi connectivity index (χ3v) is 7.17. The molecular formula is C23H30ClN3O5. The third-order valence-electron chi connectivity index (χ3n) is 6.84. The Morgan fingerprint density at radius 2 is 2.06 bits per heavy atom. The van der Waals surface area contributed by atoms with E-state index in [1.54, 1.807) is 29.2 Å². The van der Waals surface area contributed by atoms with Crippen LogP contribution in [-0.2, 0) is 19.1 Å². The summed E-state index contributed by atoms with van der Waals surface area (Å²) in [6, 6.07) is 6.07. The van der Waals surface area contributed by atoms with Gasteiger partial charge in [0.2, 0.25) is 17.7 Å². The fourth-order valence-electron chi connectivity index (χ4n) is 5.52. The largest absolute Gasteiger partial charge is 0.396 e. The van der Waals surface area contributed by atoms with E-state index in [-0.39, 0.29) is 30.4 Å². The number of hydrogen-bond donors (Lipinski definition) is 3. The fourth-order valence-corrected chi connectivity index (χ4v) is 5.70. The maximum Gasteiger partial charge on any atom is 0.250 e. The van der Waals surface area contributed by atoms with E-state index in [4.69, 9.17) is 16.3 Å². The lowest BCUT2D eigenvalue weighted by atomic mass is 9.70. The number of hydrogen-bond acceptors (Lipinski definition) is 5. The first-order chi connectivity index (χ1) is 15.4. The average Bonchev–Trinajstić information content (AvgIpc) is 3.41. The van der Waals surface area contributed by atoms with Crippen molar-refractivity contribution in [3.63, 3.8) is 0 Å². The van der Waals surface area contributed by atoms with E-state index in [1.807, 2.05) is 6.92 Å². The molecule has 4 rings (SSSR count). The summed E-state index contributed by atoms with van der Waals surface area (Å²) >= 11 is 6.24. The van der Waals surface area contributed by atoms with Gasteiger partial charge in [0.25, 0.3) is 0 Å². The SMILES string of the molecule is CCCNC(=O)[C@@H]1[C@@H]2CCC3(O2)C(C(=O)Nc2ccccc2Cl)N(CCCCO)C(=O)[C@H]13. The highest BCUT2D eigenvalue weighted by atomic mass is 35.5. The van der Waals surface area contributed by atoms with Gasteiger partial charge in [-0.05, 0) is 44.2 Å². The number of unbranched alkanes of at least 4 members (excludes halogenated alkanes) is 1. The van der Waals surface area contributed by atoms with Gasteiger partial charge in [-0.3, -0.25) is 14.4 Å². The Hall–Kier alpha value is -2.16. The van der Waals surface area contributed by atoms with E-state index >= 15 is 0 Å². The molecule has 3 heterocycles. The summed E-state index contributed by atoms with van der Waals surface area (Å²) in [5.41, 5.74) is -0.563. The second kappa shape index (κ2) is 9.37. The number of benzene rings is 1. The Balaban J connectivity index is 1.65. The summed E-state index contributed by atoms with van der Waals surface area (Å²) in [6.45, 7) is 2.83. The molecule has 2 bridgehead atoms. The molecule has 3 aliphatic rings. The molecule has 3 aliphatic heterocycles. The molecule has 3 amide bonds. The molecule has 1 aromatic carbocycles. The smallest absolute Gasteiger partial charge is 0.250 e. The van der Waals surface area contributed by atoms with E-state index in [0.717, 1.165) is 6.42 Å². The molecule has 174 valence electrons. The maximum atomic E-state index is 13.6. The van der Waals surface area contributed by atoms with E-state index in [0.29, 0.717) is 49.5 Å². The van der Waals surface area contributed by atoms with Crippen LogP contribution >= 0.6 is 11.6 Å². The van der Waals surface area contributed by atoms with Gasteiger partial charge in [0.1, 0.15) is 11.6 Å². The van der Waals surface area contributed by atoms with Crippen LogP contribution in [-0.4, -0.2) is 65.2 Å². The number of carbonyl (C=O) groups excluding carboxylic acids is 3. The van der Waals surface area contributed by atoms with Crippen LogP contribution < -0.4 is 10.6 Å². The van der Waals surface area contributed by atoms with Crippen LogP contribution in [0.3, 0.4) is 0 Å². The fraction of sp³-hybridized carbons (Fsp3) is 0.609. The molecule has 0 radical (unpaired) electrons. The molecular weight excluding hydrogens is 434 g/mol. The Morgan fingerprint density at radius 3 is 2.78 bits per heavy atom. The van der Waals surface area contributed by atoms with Gasteiger partial charge in [0, 0.05) is 19.7 Å². The highest BCUT2D eigenvalue weighted by Gasteiger charge is 2.74. The van der Waals surface area contributed by atoms with Crippen molar-refractivity contribution in [2.75, 3.05) is 25.0 Å². The summed E-state index contributed by atoms with van der Waals surface area (Å²) in [7, 11) is 0. The lowest BCUT2D eigenvalue weighted by molar-refractivity contribution is -0.140. The zero-order chi connectivity index (χ0) is 22.9. The van der Waals surface area contributed by atoms with Crippen LogP contribution in [0.25, 0.3) is 0 Å². The Labute approximate surface area is 192 Å². The van der Waals surface area contributed by atoms with Crippen LogP contribution in [0.1, 0.15) is 39.0 Å². The molecule has 0 saturated carbocycles. The number of likely N-dealkylation sites (tertiary alicyclic amines) is 1. The molecule has 32 heavy (non-hydrogen) atoms.